The Balaban J connectivity index is 0.000000960. The van der Waals surface area contributed by atoms with E-state index in [2.05, 4.69) is 13.2 Å². The van der Waals surface area contributed by atoms with Crippen molar-refractivity contribution < 1.29 is 19.0 Å². The van der Waals surface area contributed by atoms with Gasteiger partial charge in [-0.05, 0) is 50.0 Å². The minimum Gasteiger partial charge on any atom is -0.498 e. The Morgan fingerprint density at radius 2 is 2.17 bits per heavy atom. The second kappa shape index (κ2) is 14.2. The van der Waals surface area contributed by atoms with Crippen molar-refractivity contribution in [3.63, 3.8) is 0 Å². The van der Waals surface area contributed by atoms with Gasteiger partial charge in [-0.3, -0.25) is 9.36 Å². The molecular weight excluding hydrogens is 373 g/mol. The van der Waals surface area contributed by atoms with E-state index in [0.717, 1.165) is 12.8 Å². The normalized spacial score (nSPS) is 14.9. The highest BCUT2D eigenvalue weighted by Crippen LogP contribution is 2.32. The van der Waals surface area contributed by atoms with Crippen LogP contribution in [0.3, 0.4) is 0 Å². The summed E-state index contributed by atoms with van der Waals surface area (Å²) >= 11 is 0. The quantitative estimate of drug-likeness (QED) is 0.340. The van der Waals surface area contributed by atoms with E-state index in [1.807, 2.05) is 19.1 Å². The average molecular weight is 403 g/mol. The number of alkyl halides is 1. The first-order valence-corrected chi connectivity index (χ1v) is 9.50. The number of hydrogen-bond donors (Lipinski definition) is 1. The van der Waals surface area contributed by atoms with Gasteiger partial charge in [0.2, 0.25) is 0 Å². The van der Waals surface area contributed by atoms with Crippen LogP contribution in [0, 0.1) is 5.92 Å². The molecule has 0 spiro atoms. The van der Waals surface area contributed by atoms with Crippen molar-refractivity contribution in [1.29, 1.82) is 0 Å². The van der Waals surface area contributed by atoms with E-state index in [1.165, 1.54) is 23.0 Å². The van der Waals surface area contributed by atoms with E-state index in [1.54, 1.807) is 30.5 Å². The van der Waals surface area contributed by atoms with Gasteiger partial charge in [-0.25, -0.2) is 4.39 Å². The van der Waals surface area contributed by atoms with E-state index < -0.39 is 12.8 Å². The van der Waals surface area contributed by atoms with Crippen LogP contribution in [-0.4, -0.2) is 35.7 Å². The number of rotatable bonds is 11. The fraction of sp³-hybridized carbons (Fsp3) is 0.348. The van der Waals surface area contributed by atoms with Crippen molar-refractivity contribution in [3.05, 3.63) is 84.6 Å². The number of allylic oxidation sites excluding steroid dienone is 6. The molecule has 29 heavy (non-hydrogen) atoms. The van der Waals surface area contributed by atoms with Crippen LogP contribution in [0.5, 0.6) is 5.75 Å². The molecule has 1 aliphatic rings. The minimum absolute atomic E-state index is 0.206. The van der Waals surface area contributed by atoms with E-state index in [-0.39, 0.29) is 12.2 Å². The van der Waals surface area contributed by atoms with Crippen molar-refractivity contribution in [2.75, 3.05) is 19.9 Å². The number of hydrogen-bond acceptors (Lipinski definition) is 4. The molecule has 0 amide bonds. The van der Waals surface area contributed by atoms with Gasteiger partial charge in [-0.1, -0.05) is 24.8 Å². The molecule has 1 saturated carbocycles. The smallest absolute Gasteiger partial charge is 0.258 e. The van der Waals surface area contributed by atoms with Crippen molar-refractivity contribution in [3.8, 4) is 5.75 Å². The Labute approximate surface area is 171 Å². The second-order valence-electron chi connectivity index (χ2n) is 6.26. The number of pyridine rings is 1. The Bertz CT molecular complexity index is 775. The van der Waals surface area contributed by atoms with E-state index in [4.69, 9.17) is 9.47 Å². The van der Waals surface area contributed by atoms with Gasteiger partial charge in [0.05, 0.1) is 12.4 Å². The molecule has 0 radical (unpaired) electrons. The number of halogens is 1. The van der Waals surface area contributed by atoms with E-state index in [0.29, 0.717) is 24.0 Å². The maximum Gasteiger partial charge on any atom is 0.258 e. The van der Waals surface area contributed by atoms with Gasteiger partial charge >= 0.3 is 0 Å². The third kappa shape index (κ3) is 9.76. The summed E-state index contributed by atoms with van der Waals surface area (Å²) in [6.45, 7) is 9.05. The molecule has 6 heteroatoms. The summed E-state index contributed by atoms with van der Waals surface area (Å²) in [4.78, 5) is 12.2. The molecular formula is C23H30FNO4. The third-order valence-corrected chi connectivity index (χ3v) is 3.94. The van der Waals surface area contributed by atoms with Crippen LogP contribution in [-0.2, 0) is 4.74 Å². The van der Waals surface area contributed by atoms with Crippen LogP contribution in [0.15, 0.2) is 79.0 Å². The van der Waals surface area contributed by atoms with Crippen LogP contribution in [0.2, 0.25) is 0 Å². The third-order valence-electron chi connectivity index (χ3n) is 3.94. The number of ether oxygens (including phenoxy) is 2. The number of aliphatic hydroxyl groups is 1. The zero-order valence-electron chi connectivity index (χ0n) is 16.9. The lowest BCUT2D eigenvalue weighted by Gasteiger charge is -2.08. The summed E-state index contributed by atoms with van der Waals surface area (Å²) in [6, 6.07) is 3.17. The van der Waals surface area contributed by atoms with Crippen molar-refractivity contribution in [1.82, 2.24) is 4.57 Å². The van der Waals surface area contributed by atoms with Gasteiger partial charge in [-0.15, -0.1) is 6.58 Å². The van der Waals surface area contributed by atoms with Gasteiger partial charge in [0.25, 0.3) is 5.56 Å². The van der Waals surface area contributed by atoms with Crippen molar-refractivity contribution in [2.24, 2.45) is 5.92 Å². The SMILES string of the molecule is C=C/C(=C\C=C\OCC(O)C1CC1)n1ccc(OC/C=C/C)cc1=O.C=CCF. The summed E-state index contributed by atoms with van der Waals surface area (Å²) in [7, 11) is 0. The molecule has 0 aromatic carbocycles. The van der Waals surface area contributed by atoms with Gasteiger partial charge in [0, 0.05) is 18.0 Å². The molecule has 1 fully saturated rings. The molecule has 0 aliphatic heterocycles. The first kappa shape index (κ1) is 24.2. The predicted molar refractivity (Wildman–Crippen MR) is 115 cm³/mol. The topological polar surface area (TPSA) is 60.7 Å². The highest BCUT2D eigenvalue weighted by molar-refractivity contribution is 5.58. The van der Waals surface area contributed by atoms with E-state index in [9.17, 15) is 14.3 Å². The van der Waals surface area contributed by atoms with Crippen LogP contribution < -0.4 is 10.3 Å². The summed E-state index contributed by atoms with van der Waals surface area (Å²) in [5.41, 5.74) is 0.412. The molecule has 1 aliphatic carbocycles. The average Bonchev–Trinajstić information content (AvgIpc) is 3.57. The summed E-state index contributed by atoms with van der Waals surface area (Å²) in [6.07, 6.45) is 14.9. The molecule has 1 aromatic rings. The molecule has 5 nitrogen and oxygen atoms in total. The molecule has 1 aromatic heterocycles. The van der Waals surface area contributed by atoms with Crippen molar-refractivity contribution in [2.45, 2.75) is 25.9 Å². The maximum absolute atomic E-state index is 12.2. The number of nitrogens with zero attached hydrogens (tertiary/aromatic N) is 1. The predicted octanol–water partition coefficient (Wildman–Crippen LogP) is 4.27. The second-order valence-corrected chi connectivity index (χ2v) is 6.26. The molecule has 1 heterocycles. The molecule has 2 rings (SSSR count). The molecule has 0 bridgehead atoms. The summed E-state index contributed by atoms with van der Waals surface area (Å²) in [5, 5.41) is 9.71. The molecule has 1 N–H and O–H groups in total. The lowest BCUT2D eigenvalue weighted by atomic mass is 10.2. The van der Waals surface area contributed by atoms with Crippen LogP contribution in [0.1, 0.15) is 19.8 Å². The largest absolute Gasteiger partial charge is 0.498 e. The van der Waals surface area contributed by atoms with Crippen LogP contribution >= 0.6 is 0 Å². The molecule has 158 valence electrons. The Morgan fingerprint density at radius 1 is 1.45 bits per heavy atom. The summed E-state index contributed by atoms with van der Waals surface area (Å²) < 4.78 is 22.8. The first-order chi connectivity index (χ1) is 14.1. The van der Waals surface area contributed by atoms with Gasteiger partial charge in [0.1, 0.15) is 25.6 Å². The Morgan fingerprint density at radius 3 is 2.72 bits per heavy atom. The number of aliphatic hydroxyl groups excluding tert-OH is 1. The van der Waals surface area contributed by atoms with Gasteiger partial charge in [-0.2, -0.15) is 0 Å². The number of aromatic nitrogens is 1. The van der Waals surface area contributed by atoms with Crippen molar-refractivity contribution >= 4 is 5.70 Å². The van der Waals surface area contributed by atoms with Gasteiger partial charge < -0.3 is 14.6 Å². The van der Waals surface area contributed by atoms with Crippen LogP contribution in [0.25, 0.3) is 5.70 Å². The molecule has 0 saturated heterocycles. The van der Waals surface area contributed by atoms with Gasteiger partial charge in [0.15, 0.2) is 0 Å². The standard InChI is InChI=1S/C20H25NO4.C3H5F/c1-3-5-13-25-18-10-11-21(20(23)14-18)17(4-2)7-6-12-24-15-19(22)16-8-9-16;1-2-3-4/h3-7,10-12,14,16,19,22H,2,8-9,13,15H2,1H3;2H,1,3H2/b5-3+,12-6+,17-7+;. The maximum atomic E-state index is 12.2. The van der Waals surface area contributed by atoms with E-state index >= 15 is 0 Å². The Kier molecular flexibility index (Phi) is 11.8. The molecule has 1 unspecified atom stereocenters. The highest BCUT2D eigenvalue weighted by Gasteiger charge is 2.29. The lowest BCUT2D eigenvalue weighted by molar-refractivity contribution is 0.0684. The highest BCUT2D eigenvalue weighted by atomic mass is 19.1. The minimum atomic E-state index is -0.417. The molecule has 1 atom stereocenters. The Hall–Kier alpha value is -2.86. The summed E-state index contributed by atoms with van der Waals surface area (Å²) in [5.74, 6) is 0.913. The lowest BCUT2D eigenvalue weighted by Crippen LogP contribution is -2.17. The monoisotopic (exact) mass is 403 g/mol. The van der Waals surface area contributed by atoms with Crippen LogP contribution in [0.4, 0.5) is 4.39 Å². The first-order valence-electron chi connectivity index (χ1n) is 9.50. The zero-order chi connectivity index (χ0) is 21.5. The fourth-order valence-electron chi connectivity index (χ4n) is 2.22. The zero-order valence-corrected chi connectivity index (χ0v) is 16.9. The fourth-order valence-corrected chi connectivity index (χ4v) is 2.22.